The van der Waals surface area contributed by atoms with Crippen LogP contribution < -0.4 is 16.2 Å². The number of phenolic OH excluding ortho intramolecular Hbond substituents is 1. The molecule has 0 bridgehead atoms. The predicted octanol–water partition coefficient (Wildman–Crippen LogP) is 2.15. The molecule has 4 N–H and O–H groups in total. The summed E-state index contributed by atoms with van der Waals surface area (Å²) < 4.78 is 12.7. The molecule has 0 aliphatic carbocycles. The number of amides is 1. The van der Waals surface area contributed by atoms with Crippen molar-refractivity contribution in [1.29, 1.82) is 0 Å². The summed E-state index contributed by atoms with van der Waals surface area (Å²) in [5.74, 6) is -0.211. The molecule has 116 valence electrons. The normalized spacial score (nSPS) is 10.2. The van der Waals surface area contributed by atoms with E-state index in [1.165, 1.54) is 12.1 Å². The lowest BCUT2D eigenvalue weighted by molar-refractivity contribution is -0.122. The van der Waals surface area contributed by atoms with E-state index >= 15 is 0 Å². The number of nitrogens with one attached hydrogen (secondary N) is 3. The number of carbonyl (C=O) groups excluding carboxylic acids is 1. The van der Waals surface area contributed by atoms with Gasteiger partial charge in [0, 0.05) is 12.1 Å². The van der Waals surface area contributed by atoms with Crippen molar-refractivity contribution in [2.75, 3.05) is 12.0 Å². The minimum atomic E-state index is -0.291. The quantitative estimate of drug-likeness (QED) is 0.359. The number of hydrazine groups is 1. The summed E-state index contributed by atoms with van der Waals surface area (Å²) in [4.78, 5) is 11.6. The third-order valence-electron chi connectivity index (χ3n) is 3.03. The van der Waals surface area contributed by atoms with Crippen LogP contribution in [0.4, 0.5) is 10.1 Å². The summed E-state index contributed by atoms with van der Waals surface area (Å²) in [6, 6.07) is 12.7. The van der Waals surface area contributed by atoms with Crippen molar-refractivity contribution >= 4 is 11.6 Å². The first kappa shape index (κ1) is 15.8. The molecule has 0 spiro atoms. The van der Waals surface area contributed by atoms with E-state index in [2.05, 4.69) is 16.2 Å². The Balaban J connectivity index is 1.61. The van der Waals surface area contributed by atoms with Crippen LogP contribution in [0.15, 0.2) is 48.5 Å². The maximum Gasteiger partial charge on any atom is 0.234 e. The average Bonchev–Trinajstić information content (AvgIpc) is 2.53. The van der Waals surface area contributed by atoms with Crippen LogP contribution in [0.2, 0.25) is 0 Å². The zero-order valence-electron chi connectivity index (χ0n) is 12.0. The summed E-state index contributed by atoms with van der Waals surface area (Å²) in [6.07, 6.45) is 0.938. The molecule has 0 radical (unpaired) electrons. The van der Waals surface area contributed by atoms with E-state index in [9.17, 15) is 9.18 Å². The van der Waals surface area contributed by atoms with E-state index in [0.717, 1.165) is 11.3 Å². The van der Waals surface area contributed by atoms with Gasteiger partial charge in [0.25, 0.3) is 0 Å². The third-order valence-corrected chi connectivity index (χ3v) is 3.03. The van der Waals surface area contributed by atoms with Gasteiger partial charge in [0.2, 0.25) is 5.91 Å². The molecule has 0 aliphatic rings. The Hall–Kier alpha value is -2.60. The number of hydrogen-bond donors (Lipinski definition) is 4. The maximum absolute atomic E-state index is 12.7. The lowest BCUT2D eigenvalue weighted by Gasteiger charge is -2.09. The zero-order valence-corrected chi connectivity index (χ0v) is 12.0. The Labute approximate surface area is 128 Å². The summed E-state index contributed by atoms with van der Waals surface area (Å²) in [7, 11) is 0. The molecule has 0 fully saturated rings. The smallest absolute Gasteiger partial charge is 0.234 e. The highest BCUT2D eigenvalue weighted by molar-refractivity contribution is 5.75. The average molecular weight is 303 g/mol. The van der Waals surface area contributed by atoms with Crippen LogP contribution >= 0.6 is 0 Å². The SMILES string of the molecule is O=C(CCc1ccc(O)cc1)NNCNc1ccc(F)cc1. The van der Waals surface area contributed by atoms with Gasteiger partial charge in [-0.25, -0.2) is 9.82 Å². The number of rotatable bonds is 7. The highest BCUT2D eigenvalue weighted by Crippen LogP contribution is 2.11. The third kappa shape index (κ3) is 5.41. The fourth-order valence-electron chi connectivity index (χ4n) is 1.84. The molecule has 0 aliphatic heterocycles. The topological polar surface area (TPSA) is 73.4 Å². The van der Waals surface area contributed by atoms with Crippen LogP contribution in [0.5, 0.6) is 5.75 Å². The predicted molar refractivity (Wildman–Crippen MR) is 82.6 cm³/mol. The summed E-state index contributed by atoms with van der Waals surface area (Å²) in [5, 5.41) is 12.2. The van der Waals surface area contributed by atoms with Crippen molar-refractivity contribution in [1.82, 2.24) is 10.9 Å². The second-order valence-corrected chi connectivity index (χ2v) is 4.75. The Kier molecular flexibility index (Phi) is 5.73. The van der Waals surface area contributed by atoms with Gasteiger partial charge in [-0.05, 0) is 48.4 Å². The maximum atomic E-state index is 12.7. The van der Waals surface area contributed by atoms with E-state index in [0.29, 0.717) is 19.5 Å². The largest absolute Gasteiger partial charge is 0.508 e. The molecule has 0 heterocycles. The van der Waals surface area contributed by atoms with Gasteiger partial charge in [-0.15, -0.1) is 0 Å². The fourth-order valence-corrected chi connectivity index (χ4v) is 1.84. The first-order valence-electron chi connectivity index (χ1n) is 6.92. The molecule has 0 atom stereocenters. The number of aryl methyl sites for hydroxylation is 1. The van der Waals surface area contributed by atoms with E-state index < -0.39 is 0 Å². The number of anilines is 1. The second-order valence-electron chi connectivity index (χ2n) is 4.75. The Bertz CT molecular complexity index is 600. The molecule has 5 nitrogen and oxygen atoms in total. The van der Waals surface area contributed by atoms with Gasteiger partial charge in [0.1, 0.15) is 11.6 Å². The molecule has 2 rings (SSSR count). The highest BCUT2D eigenvalue weighted by atomic mass is 19.1. The monoisotopic (exact) mass is 303 g/mol. The van der Waals surface area contributed by atoms with Crippen LogP contribution in [0.25, 0.3) is 0 Å². The van der Waals surface area contributed by atoms with Gasteiger partial charge in [-0.1, -0.05) is 12.1 Å². The summed E-state index contributed by atoms with van der Waals surface area (Å²) in [5.41, 5.74) is 7.06. The molecule has 0 unspecified atom stereocenters. The van der Waals surface area contributed by atoms with Gasteiger partial charge >= 0.3 is 0 Å². The van der Waals surface area contributed by atoms with Crippen molar-refractivity contribution in [3.05, 3.63) is 59.9 Å². The first-order valence-corrected chi connectivity index (χ1v) is 6.92. The highest BCUT2D eigenvalue weighted by Gasteiger charge is 2.01. The Morgan fingerprint density at radius 3 is 2.41 bits per heavy atom. The minimum Gasteiger partial charge on any atom is -0.508 e. The van der Waals surface area contributed by atoms with Crippen molar-refractivity contribution in [2.24, 2.45) is 0 Å². The van der Waals surface area contributed by atoms with Crippen LogP contribution in [0.3, 0.4) is 0 Å². The zero-order chi connectivity index (χ0) is 15.8. The van der Waals surface area contributed by atoms with Gasteiger partial charge in [-0.2, -0.15) is 0 Å². The molecular weight excluding hydrogens is 285 g/mol. The van der Waals surface area contributed by atoms with Crippen LogP contribution in [0, 0.1) is 5.82 Å². The van der Waals surface area contributed by atoms with Crippen molar-refractivity contribution < 1.29 is 14.3 Å². The molecule has 1 amide bonds. The molecule has 2 aromatic rings. The lowest BCUT2D eigenvalue weighted by Crippen LogP contribution is -2.40. The number of hydrogen-bond acceptors (Lipinski definition) is 4. The van der Waals surface area contributed by atoms with Crippen LogP contribution in [0.1, 0.15) is 12.0 Å². The molecule has 0 aromatic heterocycles. The molecule has 22 heavy (non-hydrogen) atoms. The number of aromatic hydroxyl groups is 1. The molecular formula is C16H18FN3O2. The van der Waals surface area contributed by atoms with Crippen LogP contribution in [-0.2, 0) is 11.2 Å². The van der Waals surface area contributed by atoms with E-state index in [1.807, 2.05) is 0 Å². The molecule has 2 aromatic carbocycles. The number of phenols is 1. The standard InChI is InChI=1S/C16H18FN3O2/c17-13-4-6-14(7-5-13)18-11-19-20-16(22)10-3-12-1-8-15(21)9-2-12/h1-2,4-9,18-19,21H,3,10-11H2,(H,20,22). The summed E-state index contributed by atoms with van der Waals surface area (Å²) in [6.45, 7) is 0.330. The summed E-state index contributed by atoms with van der Waals surface area (Å²) >= 11 is 0. The van der Waals surface area contributed by atoms with Gasteiger partial charge in [0.15, 0.2) is 0 Å². The number of benzene rings is 2. The number of carbonyl (C=O) groups is 1. The minimum absolute atomic E-state index is 0.131. The van der Waals surface area contributed by atoms with E-state index in [4.69, 9.17) is 5.11 Å². The molecule has 0 saturated heterocycles. The van der Waals surface area contributed by atoms with Crippen molar-refractivity contribution in [3.63, 3.8) is 0 Å². The Morgan fingerprint density at radius 2 is 1.73 bits per heavy atom. The van der Waals surface area contributed by atoms with Crippen molar-refractivity contribution in [3.8, 4) is 5.75 Å². The second kappa shape index (κ2) is 7.99. The molecule has 6 heteroatoms. The van der Waals surface area contributed by atoms with Gasteiger partial charge in [0.05, 0.1) is 6.67 Å². The van der Waals surface area contributed by atoms with Crippen LogP contribution in [-0.4, -0.2) is 17.7 Å². The van der Waals surface area contributed by atoms with Crippen molar-refractivity contribution in [2.45, 2.75) is 12.8 Å². The molecule has 0 saturated carbocycles. The van der Waals surface area contributed by atoms with Gasteiger partial charge in [-0.3, -0.25) is 10.2 Å². The first-order chi connectivity index (χ1) is 10.6. The van der Waals surface area contributed by atoms with E-state index in [-0.39, 0.29) is 17.5 Å². The van der Waals surface area contributed by atoms with E-state index in [1.54, 1.807) is 36.4 Å². The van der Waals surface area contributed by atoms with Gasteiger partial charge < -0.3 is 10.4 Å². The number of halogens is 1. The fraction of sp³-hybridized carbons (Fsp3) is 0.188. The lowest BCUT2D eigenvalue weighted by atomic mass is 10.1. The Morgan fingerprint density at radius 1 is 1.05 bits per heavy atom.